The van der Waals surface area contributed by atoms with Crippen molar-refractivity contribution in [3.63, 3.8) is 0 Å². The molecule has 5 heteroatoms. The van der Waals surface area contributed by atoms with Crippen LogP contribution in [-0.2, 0) is 0 Å². The summed E-state index contributed by atoms with van der Waals surface area (Å²) < 4.78 is 0. The molecule has 0 saturated carbocycles. The Hall–Kier alpha value is -1.23. The molecule has 106 valence electrons. The molecule has 1 amide bonds. The lowest BCUT2D eigenvalue weighted by Crippen LogP contribution is -2.33. The van der Waals surface area contributed by atoms with Crippen LogP contribution >= 0.6 is 11.8 Å². The Morgan fingerprint density at radius 2 is 2.26 bits per heavy atom. The fourth-order valence-corrected chi connectivity index (χ4v) is 2.44. The van der Waals surface area contributed by atoms with Gasteiger partial charge in [0, 0.05) is 24.3 Å². The van der Waals surface area contributed by atoms with Crippen LogP contribution in [0, 0.1) is 0 Å². The molecule has 1 rings (SSSR count). The van der Waals surface area contributed by atoms with E-state index in [4.69, 9.17) is 0 Å². The first kappa shape index (κ1) is 15.8. The Kier molecular flexibility index (Phi) is 7.33. The summed E-state index contributed by atoms with van der Waals surface area (Å²) in [5, 5.41) is 6.12. The molecule has 0 fully saturated rings. The number of carbonyl (C=O) groups excluding carboxylic acids is 1. The van der Waals surface area contributed by atoms with E-state index in [0.29, 0.717) is 5.56 Å². The smallest absolute Gasteiger partial charge is 0.251 e. The zero-order chi connectivity index (χ0) is 14.1. The average Bonchev–Trinajstić information content (AvgIpc) is 2.39. The van der Waals surface area contributed by atoms with Crippen molar-refractivity contribution in [2.24, 2.45) is 0 Å². The molecule has 0 aliphatic heterocycles. The molecule has 19 heavy (non-hydrogen) atoms. The highest BCUT2D eigenvalue weighted by Gasteiger charge is 2.10. The number of amides is 1. The van der Waals surface area contributed by atoms with Gasteiger partial charge in [0.25, 0.3) is 5.91 Å². The molecule has 0 radical (unpaired) electrons. The maximum atomic E-state index is 12.1. The number of nitrogens with one attached hydrogen (secondary N) is 2. The Balaban J connectivity index is 2.50. The lowest BCUT2D eigenvalue weighted by molar-refractivity contribution is 0.0939. The summed E-state index contributed by atoms with van der Waals surface area (Å²) in [5.74, 6) is 2.91. The first-order valence-electron chi connectivity index (χ1n) is 6.75. The monoisotopic (exact) mass is 281 g/mol. The van der Waals surface area contributed by atoms with E-state index in [2.05, 4.69) is 22.5 Å². The summed E-state index contributed by atoms with van der Waals surface area (Å²) in [6.07, 6.45) is 2.65. The second kappa shape index (κ2) is 8.80. The molecule has 1 aromatic heterocycles. The van der Waals surface area contributed by atoms with Crippen molar-refractivity contribution in [2.75, 3.05) is 23.4 Å². The van der Waals surface area contributed by atoms with Gasteiger partial charge >= 0.3 is 0 Å². The van der Waals surface area contributed by atoms with E-state index < -0.39 is 0 Å². The number of carbonyl (C=O) groups is 1. The molecule has 1 heterocycles. The highest BCUT2D eigenvalue weighted by atomic mass is 32.2. The van der Waals surface area contributed by atoms with Crippen LogP contribution in [0.3, 0.4) is 0 Å². The predicted octanol–water partition coefficient (Wildman–Crippen LogP) is 2.77. The molecular formula is C14H23N3OS. The minimum Gasteiger partial charge on any atom is -0.370 e. The van der Waals surface area contributed by atoms with Gasteiger partial charge in [-0.2, -0.15) is 11.8 Å². The van der Waals surface area contributed by atoms with Crippen molar-refractivity contribution in [3.05, 3.63) is 23.9 Å². The summed E-state index contributed by atoms with van der Waals surface area (Å²) >= 11 is 1.90. The van der Waals surface area contributed by atoms with Gasteiger partial charge in [0.15, 0.2) is 0 Å². The number of hydrogen-bond donors (Lipinski definition) is 2. The van der Waals surface area contributed by atoms with Crippen LogP contribution in [0.1, 0.15) is 37.6 Å². The van der Waals surface area contributed by atoms with Crippen LogP contribution in [-0.4, -0.2) is 35.0 Å². The third-order valence-corrected chi connectivity index (χ3v) is 3.59. The minimum atomic E-state index is -0.0319. The fourth-order valence-electron chi connectivity index (χ4n) is 1.63. The van der Waals surface area contributed by atoms with Crippen LogP contribution in [0.2, 0.25) is 0 Å². The zero-order valence-corrected chi connectivity index (χ0v) is 12.7. The van der Waals surface area contributed by atoms with Gasteiger partial charge in [-0.15, -0.1) is 0 Å². The third-order valence-electron chi connectivity index (χ3n) is 2.66. The molecule has 0 saturated heterocycles. The molecule has 2 N–H and O–H groups in total. The number of anilines is 1. The molecule has 1 aromatic rings. The van der Waals surface area contributed by atoms with Crippen molar-refractivity contribution in [1.29, 1.82) is 0 Å². The highest BCUT2D eigenvalue weighted by molar-refractivity contribution is 7.99. The fraction of sp³-hybridized carbons (Fsp3) is 0.571. The first-order valence-corrected chi connectivity index (χ1v) is 7.91. The van der Waals surface area contributed by atoms with E-state index in [1.165, 1.54) is 0 Å². The molecule has 0 bridgehead atoms. The van der Waals surface area contributed by atoms with E-state index in [1.807, 2.05) is 25.6 Å². The zero-order valence-electron chi connectivity index (χ0n) is 11.9. The van der Waals surface area contributed by atoms with Crippen LogP contribution in [0.4, 0.5) is 5.82 Å². The second-order valence-corrected chi connectivity index (χ2v) is 5.71. The van der Waals surface area contributed by atoms with E-state index >= 15 is 0 Å². The van der Waals surface area contributed by atoms with E-state index in [-0.39, 0.29) is 11.9 Å². The lowest BCUT2D eigenvalue weighted by atomic mass is 10.2. The standard InChI is InChI=1S/C14H23N3OS/c1-4-15-13-10-12(6-8-16-13)14(18)17-11(3)7-9-19-5-2/h6,8,10-11H,4-5,7,9H2,1-3H3,(H,15,16)(H,17,18). The molecule has 0 aromatic carbocycles. The van der Waals surface area contributed by atoms with Crippen molar-refractivity contribution >= 4 is 23.5 Å². The minimum absolute atomic E-state index is 0.0319. The summed E-state index contributed by atoms with van der Waals surface area (Å²) in [4.78, 5) is 16.2. The van der Waals surface area contributed by atoms with Crippen LogP contribution in [0.5, 0.6) is 0 Å². The summed E-state index contributed by atoms with van der Waals surface area (Å²) in [7, 11) is 0. The molecule has 1 atom stereocenters. The van der Waals surface area contributed by atoms with Gasteiger partial charge in [-0.05, 0) is 43.9 Å². The first-order chi connectivity index (χ1) is 9.17. The van der Waals surface area contributed by atoms with Gasteiger partial charge < -0.3 is 10.6 Å². The van der Waals surface area contributed by atoms with E-state index in [0.717, 1.165) is 30.3 Å². The average molecular weight is 281 g/mol. The Morgan fingerprint density at radius 3 is 2.95 bits per heavy atom. The molecule has 0 aliphatic carbocycles. The topological polar surface area (TPSA) is 54.0 Å². The summed E-state index contributed by atoms with van der Waals surface area (Å²) in [6, 6.07) is 3.72. The van der Waals surface area contributed by atoms with Gasteiger partial charge in [0.2, 0.25) is 0 Å². The van der Waals surface area contributed by atoms with E-state index in [1.54, 1.807) is 18.3 Å². The van der Waals surface area contributed by atoms with Crippen molar-refractivity contribution < 1.29 is 4.79 Å². The number of nitrogens with zero attached hydrogens (tertiary/aromatic N) is 1. The highest BCUT2D eigenvalue weighted by Crippen LogP contribution is 2.08. The number of thioether (sulfide) groups is 1. The van der Waals surface area contributed by atoms with Gasteiger partial charge in [-0.3, -0.25) is 4.79 Å². The maximum absolute atomic E-state index is 12.1. The Bertz CT molecular complexity index is 398. The Morgan fingerprint density at radius 1 is 1.47 bits per heavy atom. The number of hydrogen-bond acceptors (Lipinski definition) is 4. The van der Waals surface area contributed by atoms with Crippen LogP contribution in [0.25, 0.3) is 0 Å². The van der Waals surface area contributed by atoms with Crippen LogP contribution < -0.4 is 10.6 Å². The number of aromatic nitrogens is 1. The van der Waals surface area contributed by atoms with Crippen molar-refractivity contribution in [1.82, 2.24) is 10.3 Å². The quantitative estimate of drug-likeness (QED) is 0.719. The normalized spacial score (nSPS) is 11.9. The van der Waals surface area contributed by atoms with Gasteiger partial charge in [0.05, 0.1) is 0 Å². The molecular weight excluding hydrogens is 258 g/mol. The SMILES string of the molecule is CCNc1cc(C(=O)NC(C)CCSCC)ccn1. The van der Waals surface area contributed by atoms with Crippen molar-refractivity contribution in [2.45, 2.75) is 33.2 Å². The molecule has 1 unspecified atom stereocenters. The second-order valence-electron chi connectivity index (χ2n) is 4.32. The summed E-state index contributed by atoms with van der Waals surface area (Å²) in [5.41, 5.74) is 0.654. The third kappa shape index (κ3) is 5.96. The largest absolute Gasteiger partial charge is 0.370 e. The molecule has 0 aliphatic rings. The Labute approximate surface area is 119 Å². The number of rotatable bonds is 8. The van der Waals surface area contributed by atoms with Gasteiger partial charge in [-0.25, -0.2) is 4.98 Å². The molecule has 4 nitrogen and oxygen atoms in total. The van der Waals surface area contributed by atoms with Crippen LogP contribution in [0.15, 0.2) is 18.3 Å². The number of pyridine rings is 1. The lowest BCUT2D eigenvalue weighted by Gasteiger charge is -2.14. The molecule has 0 spiro atoms. The maximum Gasteiger partial charge on any atom is 0.251 e. The van der Waals surface area contributed by atoms with Gasteiger partial charge in [0.1, 0.15) is 5.82 Å². The van der Waals surface area contributed by atoms with Gasteiger partial charge in [-0.1, -0.05) is 6.92 Å². The predicted molar refractivity (Wildman–Crippen MR) is 82.9 cm³/mol. The van der Waals surface area contributed by atoms with E-state index in [9.17, 15) is 4.79 Å². The van der Waals surface area contributed by atoms with Crippen molar-refractivity contribution in [3.8, 4) is 0 Å². The summed E-state index contributed by atoms with van der Waals surface area (Å²) in [6.45, 7) is 6.98.